The van der Waals surface area contributed by atoms with E-state index in [1.165, 1.54) is 6.08 Å². The number of esters is 1. The van der Waals surface area contributed by atoms with E-state index in [0.717, 1.165) is 6.04 Å². The van der Waals surface area contributed by atoms with Crippen LogP contribution in [0.25, 0.3) is 0 Å². The van der Waals surface area contributed by atoms with Gasteiger partial charge in [0.1, 0.15) is 0 Å². The van der Waals surface area contributed by atoms with E-state index in [2.05, 4.69) is 52.4 Å². The van der Waals surface area contributed by atoms with Gasteiger partial charge in [0.05, 0.1) is 6.61 Å². The Morgan fingerprint density at radius 2 is 1.37 bits per heavy atom. The molecule has 0 aliphatic heterocycles. The monoisotopic (exact) mass is 494 g/mol. The van der Waals surface area contributed by atoms with Crippen molar-refractivity contribution in [3.05, 3.63) is 12.2 Å². The molecule has 0 bridgehead atoms. The van der Waals surface area contributed by atoms with Crippen LogP contribution in [-0.4, -0.2) is 57.4 Å². The molecule has 0 saturated carbocycles. The fourth-order valence-corrected chi connectivity index (χ4v) is 18.6. The molecule has 0 heterocycles. The second-order valence-electron chi connectivity index (χ2n) is 9.99. The topological polar surface area (TPSA) is 91.3 Å². The second-order valence-corrected chi connectivity index (χ2v) is 26.8. The molecule has 0 rings (SSSR count). The number of hydrogen-bond donors (Lipinski definition) is 1. The summed E-state index contributed by atoms with van der Waals surface area (Å²) in [6, 6.07) is 1.31. The standard InChI is InChI=1S/C19H42O7Si4/c1-10-13-19(22)23-15-12-17-30(24-27(2,3)4,25-28(5,6)7)26-29(8,9)16-11-14-18(20)21/h10,13H,11-12,14-17H2,1-9H3,(H,20,21). The Kier molecular flexibility index (Phi) is 12.2. The summed E-state index contributed by atoms with van der Waals surface area (Å²) < 4.78 is 25.3. The molecule has 0 unspecified atom stereocenters. The van der Waals surface area contributed by atoms with Crippen LogP contribution in [0, 0.1) is 0 Å². The molecular formula is C19H42O7Si4. The van der Waals surface area contributed by atoms with Crippen molar-refractivity contribution < 1.29 is 31.8 Å². The summed E-state index contributed by atoms with van der Waals surface area (Å²) in [6.45, 7) is 19.0. The number of carboxylic acid groups (broad SMARTS) is 1. The van der Waals surface area contributed by atoms with Crippen molar-refractivity contribution in [2.75, 3.05) is 6.61 Å². The van der Waals surface area contributed by atoms with Crippen LogP contribution in [0.15, 0.2) is 12.2 Å². The number of aliphatic carboxylic acids is 1. The molecule has 0 saturated heterocycles. The summed E-state index contributed by atoms with van der Waals surface area (Å²) in [5.74, 6) is -1.14. The van der Waals surface area contributed by atoms with Crippen LogP contribution in [0.4, 0.5) is 0 Å². The Bertz CT molecular complexity index is 564. The Hall–Kier alpha value is -0.572. The zero-order valence-corrected chi connectivity index (χ0v) is 24.3. The summed E-state index contributed by atoms with van der Waals surface area (Å²) >= 11 is 0. The first kappa shape index (κ1) is 29.4. The number of hydrogen-bond acceptors (Lipinski definition) is 6. The maximum absolute atomic E-state index is 11.6. The first-order valence-corrected chi connectivity index (χ1v) is 22.5. The van der Waals surface area contributed by atoms with Crippen LogP contribution in [0.2, 0.25) is 64.5 Å². The van der Waals surface area contributed by atoms with Crippen molar-refractivity contribution in [3.8, 4) is 0 Å². The molecule has 0 aromatic heterocycles. The number of carbonyl (C=O) groups excluding carboxylic acids is 1. The van der Waals surface area contributed by atoms with Gasteiger partial charge in [-0.25, -0.2) is 4.79 Å². The summed E-state index contributed by atoms with van der Waals surface area (Å²) in [6.07, 6.45) is 4.37. The molecule has 0 fully saturated rings. The highest BCUT2D eigenvalue weighted by Gasteiger charge is 2.50. The smallest absolute Gasteiger partial charge is 0.469 e. The van der Waals surface area contributed by atoms with E-state index in [9.17, 15) is 9.59 Å². The highest BCUT2D eigenvalue weighted by Crippen LogP contribution is 2.31. The summed E-state index contributed by atoms with van der Waals surface area (Å²) in [4.78, 5) is 22.5. The van der Waals surface area contributed by atoms with E-state index in [4.69, 9.17) is 22.2 Å². The molecule has 0 amide bonds. The van der Waals surface area contributed by atoms with E-state index >= 15 is 0 Å². The third kappa shape index (κ3) is 15.3. The summed E-state index contributed by atoms with van der Waals surface area (Å²) in [5, 5.41) is 8.97. The Balaban J connectivity index is 5.52. The largest absolute Gasteiger partial charge is 0.481 e. The number of carboxylic acids is 1. The average molecular weight is 495 g/mol. The van der Waals surface area contributed by atoms with Crippen molar-refractivity contribution in [1.82, 2.24) is 0 Å². The molecule has 30 heavy (non-hydrogen) atoms. The molecule has 0 spiro atoms. The molecule has 0 aliphatic rings. The first-order valence-electron chi connectivity index (χ1n) is 10.6. The summed E-state index contributed by atoms with van der Waals surface area (Å²) in [7, 11) is -9.25. The number of allylic oxidation sites excluding steroid dienone is 1. The third-order valence-corrected chi connectivity index (χ3v) is 17.1. The van der Waals surface area contributed by atoms with Gasteiger partial charge in [0, 0.05) is 18.5 Å². The maximum atomic E-state index is 11.6. The fourth-order valence-electron chi connectivity index (χ4n) is 2.93. The van der Waals surface area contributed by atoms with Gasteiger partial charge < -0.3 is 22.2 Å². The zero-order chi connectivity index (χ0) is 23.6. The Morgan fingerprint density at radius 1 is 0.833 bits per heavy atom. The van der Waals surface area contributed by atoms with Crippen LogP contribution in [0.5, 0.6) is 0 Å². The maximum Gasteiger partial charge on any atom is 0.469 e. The predicted octanol–water partition coefficient (Wildman–Crippen LogP) is 5.22. The van der Waals surface area contributed by atoms with Gasteiger partial charge in [-0.1, -0.05) is 6.08 Å². The van der Waals surface area contributed by atoms with E-state index < -0.39 is 39.7 Å². The Morgan fingerprint density at radius 3 is 1.80 bits per heavy atom. The molecule has 0 aromatic carbocycles. The van der Waals surface area contributed by atoms with Crippen molar-refractivity contribution >= 4 is 45.7 Å². The molecule has 0 radical (unpaired) electrons. The van der Waals surface area contributed by atoms with Gasteiger partial charge in [0.2, 0.25) is 0 Å². The zero-order valence-electron chi connectivity index (χ0n) is 20.3. The molecule has 0 aliphatic carbocycles. The fraction of sp³-hybridized carbons (Fsp3) is 0.789. The highest BCUT2D eigenvalue weighted by molar-refractivity contribution is 6.90. The van der Waals surface area contributed by atoms with Crippen LogP contribution < -0.4 is 0 Å². The van der Waals surface area contributed by atoms with Gasteiger partial charge >= 0.3 is 20.7 Å². The minimum Gasteiger partial charge on any atom is -0.481 e. The quantitative estimate of drug-likeness (QED) is 0.144. The molecule has 7 nitrogen and oxygen atoms in total. The van der Waals surface area contributed by atoms with Crippen molar-refractivity contribution in [1.29, 1.82) is 0 Å². The van der Waals surface area contributed by atoms with Crippen molar-refractivity contribution in [3.63, 3.8) is 0 Å². The van der Waals surface area contributed by atoms with E-state index in [1.807, 2.05) is 0 Å². The van der Waals surface area contributed by atoms with E-state index in [1.54, 1.807) is 13.0 Å². The van der Waals surface area contributed by atoms with Crippen LogP contribution in [-0.2, 0) is 26.7 Å². The van der Waals surface area contributed by atoms with Crippen LogP contribution in [0.3, 0.4) is 0 Å². The molecular weight excluding hydrogens is 453 g/mol. The van der Waals surface area contributed by atoms with Crippen LogP contribution in [0.1, 0.15) is 26.2 Å². The van der Waals surface area contributed by atoms with E-state index in [0.29, 0.717) is 18.9 Å². The van der Waals surface area contributed by atoms with Crippen molar-refractivity contribution in [2.45, 2.75) is 90.7 Å². The Labute approximate surface area is 186 Å². The lowest BCUT2D eigenvalue weighted by molar-refractivity contribution is -0.138. The van der Waals surface area contributed by atoms with Gasteiger partial charge in [0.15, 0.2) is 25.0 Å². The number of ether oxygens (including phenoxy) is 1. The van der Waals surface area contributed by atoms with Crippen molar-refractivity contribution in [2.24, 2.45) is 0 Å². The lowest BCUT2D eigenvalue weighted by atomic mass is 10.3. The molecule has 176 valence electrons. The summed E-state index contributed by atoms with van der Waals surface area (Å²) in [5.41, 5.74) is 0. The van der Waals surface area contributed by atoms with Gasteiger partial charge in [-0.3, -0.25) is 4.79 Å². The number of carbonyl (C=O) groups is 2. The lowest BCUT2D eigenvalue weighted by Crippen LogP contribution is -2.61. The minimum atomic E-state index is -3.04. The molecule has 0 atom stereocenters. The van der Waals surface area contributed by atoms with E-state index in [-0.39, 0.29) is 19.0 Å². The molecule has 11 heteroatoms. The predicted molar refractivity (Wildman–Crippen MR) is 130 cm³/mol. The second kappa shape index (κ2) is 12.5. The van der Waals surface area contributed by atoms with Gasteiger partial charge in [-0.05, 0) is 78.2 Å². The highest BCUT2D eigenvalue weighted by atomic mass is 28.5. The SMILES string of the molecule is CC=CC(=O)OCCC[Si](O[Si](C)(C)C)(O[Si](C)(C)C)O[Si](C)(C)CCCC(=O)O. The number of rotatable bonds is 15. The molecule has 0 aromatic rings. The minimum absolute atomic E-state index is 0.138. The third-order valence-electron chi connectivity index (χ3n) is 3.70. The van der Waals surface area contributed by atoms with Gasteiger partial charge in [-0.2, -0.15) is 0 Å². The van der Waals surface area contributed by atoms with Gasteiger partial charge in [0.25, 0.3) is 0 Å². The van der Waals surface area contributed by atoms with Crippen LogP contribution >= 0.6 is 0 Å². The first-order chi connectivity index (χ1) is 13.5. The average Bonchev–Trinajstić information content (AvgIpc) is 2.47. The lowest BCUT2D eigenvalue weighted by Gasteiger charge is -2.43. The van der Waals surface area contributed by atoms with Gasteiger partial charge in [-0.15, -0.1) is 0 Å². The molecule has 1 N–H and O–H groups in total. The normalized spacial score (nSPS) is 13.6.